The van der Waals surface area contributed by atoms with Crippen molar-refractivity contribution in [2.24, 2.45) is 11.8 Å². The molecule has 4 nitrogen and oxygen atoms in total. The van der Waals surface area contributed by atoms with Crippen LogP contribution >= 0.6 is 0 Å². The molecule has 17 heavy (non-hydrogen) atoms. The fourth-order valence-corrected chi connectivity index (χ4v) is 2.16. The Hall–Kier alpha value is -0.610. The summed E-state index contributed by atoms with van der Waals surface area (Å²) in [6, 6.07) is 0. The minimum Gasteiger partial charge on any atom is -0.393 e. The summed E-state index contributed by atoms with van der Waals surface area (Å²) >= 11 is 0. The van der Waals surface area contributed by atoms with Crippen molar-refractivity contribution in [2.75, 3.05) is 26.2 Å². The highest BCUT2D eigenvalue weighted by atomic mass is 16.3. The van der Waals surface area contributed by atoms with Gasteiger partial charge < -0.3 is 10.4 Å². The second-order valence-electron chi connectivity index (χ2n) is 5.56. The van der Waals surface area contributed by atoms with Crippen LogP contribution in [-0.2, 0) is 4.79 Å². The molecular formula is C13H26N2O2. The van der Waals surface area contributed by atoms with Crippen molar-refractivity contribution in [3.05, 3.63) is 0 Å². The predicted molar refractivity (Wildman–Crippen MR) is 68.7 cm³/mol. The third kappa shape index (κ3) is 5.50. The summed E-state index contributed by atoms with van der Waals surface area (Å²) in [6.07, 6.45) is 1.77. The van der Waals surface area contributed by atoms with Crippen molar-refractivity contribution in [2.45, 2.75) is 39.7 Å². The number of likely N-dealkylation sites (tertiary alicyclic amines) is 1. The van der Waals surface area contributed by atoms with Crippen LogP contribution in [0.4, 0.5) is 0 Å². The Kier molecular flexibility index (Phi) is 5.92. The molecule has 0 radical (unpaired) electrons. The van der Waals surface area contributed by atoms with Crippen LogP contribution in [0.2, 0.25) is 0 Å². The van der Waals surface area contributed by atoms with Gasteiger partial charge >= 0.3 is 0 Å². The summed E-state index contributed by atoms with van der Waals surface area (Å²) in [5.41, 5.74) is 0. The molecule has 0 aliphatic carbocycles. The minimum absolute atomic E-state index is 0.108. The number of amides is 1. The van der Waals surface area contributed by atoms with Crippen LogP contribution < -0.4 is 5.32 Å². The fourth-order valence-electron chi connectivity index (χ4n) is 2.16. The largest absolute Gasteiger partial charge is 0.393 e. The van der Waals surface area contributed by atoms with Gasteiger partial charge in [0.05, 0.1) is 12.6 Å². The zero-order valence-corrected chi connectivity index (χ0v) is 11.3. The van der Waals surface area contributed by atoms with Crippen molar-refractivity contribution < 1.29 is 9.90 Å². The van der Waals surface area contributed by atoms with Crippen LogP contribution in [-0.4, -0.2) is 48.2 Å². The van der Waals surface area contributed by atoms with Crippen LogP contribution in [0.5, 0.6) is 0 Å². The first-order chi connectivity index (χ1) is 7.99. The topological polar surface area (TPSA) is 52.6 Å². The minimum atomic E-state index is -0.260. The Labute approximate surface area is 104 Å². The molecule has 0 aromatic heterocycles. The van der Waals surface area contributed by atoms with E-state index >= 15 is 0 Å². The molecule has 1 fully saturated rings. The molecule has 100 valence electrons. The van der Waals surface area contributed by atoms with E-state index in [1.807, 2.05) is 6.92 Å². The maximum atomic E-state index is 11.6. The van der Waals surface area contributed by atoms with Gasteiger partial charge in [-0.25, -0.2) is 0 Å². The molecule has 4 heteroatoms. The van der Waals surface area contributed by atoms with Gasteiger partial charge in [-0.15, -0.1) is 0 Å². The highest BCUT2D eigenvalue weighted by Gasteiger charge is 2.26. The monoisotopic (exact) mass is 242 g/mol. The molecule has 1 aliphatic rings. The number of hydrogen-bond acceptors (Lipinski definition) is 3. The van der Waals surface area contributed by atoms with Crippen LogP contribution in [0.25, 0.3) is 0 Å². The predicted octanol–water partition coefficient (Wildman–Crippen LogP) is 0.851. The van der Waals surface area contributed by atoms with Gasteiger partial charge in [0, 0.05) is 13.1 Å². The smallest absolute Gasteiger partial charge is 0.234 e. The summed E-state index contributed by atoms with van der Waals surface area (Å²) in [6.45, 7) is 9.14. The molecule has 0 bridgehead atoms. The quantitative estimate of drug-likeness (QED) is 0.726. The molecule has 2 atom stereocenters. The molecule has 0 aromatic carbocycles. The van der Waals surface area contributed by atoms with Gasteiger partial charge in [-0.3, -0.25) is 9.69 Å². The second-order valence-corrected chi connectivity index (χ2v) is 5.56. The zero-order valence-electron chi connectivity index (χ0n) is 11.3. The maximum absolute atomic E-state index is 11.6. The van der Waals surface area contributed by atoms with E-state index in [9.17, 15) is 9.90 Å². The number of hydrogen-bond donors (Lipinski definition) is 2. The van der Waals surface area contributed by atoms with Crippen LogP contribution in [0.15, 0.2) is 0 Å². The SMILES string of the molecule is CC(C)CCNC(=O)CN1CCC(C(C)O)C1. The number of nitrogens with zero attached hydrogens (tertiary/aromatic N) is 1. The van der Waals surface area contributed by atoms with Gasteiger partial charge in [-0.2, -0.15) is 0 Å². The van der Waals surface area contributed by atoms with Crippen molar-refractivity contribution >= 4 is 5.91 Å². The average molecular weight is 242 g/mol. The first-order valence-electron chi connectivity index (χ1n) is 6.66. The molecule has 1 heterocycles. The summed E-state index contributed by atoms with van der Waals surface area (Å²) in [5, 5.41) is 12.4. The Balaban J connectivity index is 2.15. The third-order valence-electron chi connectivity index (χ3n) is 3.40. The first-order valence-corrected chi connectivity index (χ1v) is 6.66. The van der Waals surface area contributed by atoms with E-state index in [4.69, 9.17) is 0 Å². The summed E-state index contributed by atoms with van der Waals surface area (Å²) < 4.78 is 0. The van der Waals surface area contributed by atoms with Gasteiger partial charge in [-0.05, 0) is 38.1 Å². The maximum Gasteiger partial charge on any atom is 0.234 e. The molecule has 1 saturated heterocycles. The van der Waals surface area contributed by atoms with Gasteiger partial charge in [0.15, 0.2) is 0 Å². The van der Waals surface area contributed by atoms with E-state index in [1.165, 1.54) is 0 Å². The normalized spacial score (nSPS) is 23.0. The summed E-state index contributed by atoms with van der Waals surface area (Å²) in [4.78, 5) is 13.8. The Morgan fingerprint density at radius 3 is 2.71 bits per heavy atom. The lowest BCUT2D eigenvalue weighted by molar-refractivity contribution is -0.122. The number of carbonyl (C=O) groups is 1. The highest BCUT2D eigenvalue weighted by molar-refractivity contribution is 5.78. The van der Waals surface area contributed by atoms with E-state index in [1.54, 1.807) is 0 Å². The summed E-state index contributed by atoms with van der Waals surface area (Å²) in [5.74, 6) is 1.07. The molecule has 0 spiro atoms. The van der Waals surface area contributed by atoms with Gasteiger partial charge in [0.2, 0.25) is 5.91 Å². The van der Waals surface area contributed by atoms with E-state index in [2.05, 4.69) is 24.1 Å². The lowest BCUT2D eigenvalue weighted by atomic mass is 10.0. The Morgan fingerprint density at radius 2 is 2.18 bits per heavy atom. The second kappa shape index (κ2) is 6.97. The molecule has 1 aliphatic heterocycles. The number of carbonyl (C=O) groups excluding carboxylic acids is 1. The molecule has 1 amide bonds. The molecule has 0 aromatic rings. The molecule has 2 N–H and O–H groups in total. The molecule has 2 unspecified atom stereocenters. The van der Waals surface area contributed by atoms with Gasteiger partial charge in [-0.1, -0.05) is 13.8 Å². The zero-order chi connectivity index (χ0) is 12.8. The van der Waals surface area contributed by atoms with E-state index < -0.39 is 0 Å². The average Bonchev–Trinajstić information content (AvgIpc) is 2.65. The van der Waals surface area contributed by atoms with Crippen molar-refractivity contribution in [3.63, 3.8) is 0 Å². The Morgan fingerprint density at radius 1 is 1.47 bits per heavy atom. The van der Waals surface area contributed by atoms with Crippen molar-refractivity contribution in [1.82, 2.24) is 10.2 Å². The first kappa shape index (κ1) is 14.5. The van der Waals surface area contributed by atoms with E-state index in [-0.39, 0.29) is 12.0 Å². The van der Waals surface area contributed by atoms with Gasteiger partial charge in [0.1, 0.15) is 0 Å². The highest BCUT2D eigenvalue weighted by Crippen LogP contribution is 2.18. The lowest BCUT2D eigenvalue weighted by Gasteiger charge is -2.17. The van der Waals surface area contributed by atoms with Crippen molar-refractivity contribution in [1.29, 1.82) is 0 Å². The number of nitrogens with one attached hydrogen (secondary N) is 1. The molecular weight excluding hydrogens is 216 g/mol. The molecule has 0 saturated carbocycles. The number of rotatable bonds is 6. The number of aliphatic hydroxyl groups is 1. The van der Waals surface area contributed by atoms with Crippen molar-refractivity contribution in [3.8, 4) is 0 Å². The van der Waals surface area contributed by atoms with E-state index in [0.29, 0.717) is 18.4 Å². The Bertz CT molecular complexity index is 242. The molecule has 1 rings (SSSR count). The van der Waals surface area contributed by atoms with Crippen LogP contribution in [0.3, 0.4) is 0 Å². The third-order valence-corrected chi connectivity index (χ3v) is 3.40. The van der Waals surface area contributed by atoms with Gasteiger partial charge in [0.25, 0.3) is 0 Å². The van der Waals surface area contributed by atoms with E-state index in [0.717, 1.165) is 32.5 Å². The van der Waals surface area contributed by atoms with Crippen LogP contribution in [0, 0.1) is 11.8 Å². The fraction of sp³-hybridized carbons (Fsp3) is 0.923. The van der Waals surface area contributed by atoms with Crippen LogP contribution in [0.1, 0.15) is 33.6 Å². The standard InChI is InChI=1S/C13H26N2O2/c1-10(2)4-6-14-13(17)9-15-7-5-12(8-15)11(3)16/h10-12,16H,4-9H2,1-3H3,(H,14,17). The summed E-state index contributed by atoms with van der Waals surface area (Å²) in [7, 11) is 0. The number of aliphatic hydroxyl groups excluding tert-OH is 1. The lowest BCUT2D eigenvalue weighted by Crippen LogP contribution is -2.37.